The number of amides is 2. The van der Waals surface area contributed by atoms with Gasteiger partial charge in [0, 0.05) is 5.92 Å². The van der Waals surface area contributed by atoms with Gasteiger partial charge in [-0.25, -0.2) is 0 Å². The number of anilines is 1. The molecule has 2 saturated heterocycles. The quantitative estimate of drug-likeness (QED) is 0.282. The number of fused-ring (bicyclic) bond motifs is 3. The smallest absolute Gasteiger partial charge is 0.488 e. The molecule has 8 heteroatoms. The van der Waals surface area contributed by atoms with Gasteiger partial charge in [-0.2, -0.15) is 0 Å². The summed E-state index contributed by atoms with van der Waals surface area (Å²) < 4.78 is 6.28. The predicted molar refractivity (Wildman–Crippen MR) is 147 cm³/mol. The zero-order valence-corrected chi connectivity index (χ0v) is 21.8. The number of allylic oxidation sites excluding steroid dienone is 2. The van der Waals surface area contributed by atoms with Crippen LogP contribution < -0.4 is 10.4 Å². The molecule has 3 aliphatic rings. The van der Waals surface area contributed by atoms with E-state index in [2.05, 4.69) is 19.9 Å². The first kappa shape index (κ1) is 26.4. The van der Waals surface area contributed by atoms with Crippen LogP contribution in [0.15, 0.2) is 65.3 Å². The maximum Gasteiger partial charge on any atom is 0.488 e. The van der Waals surface area contributed by atoms with Gasteiger partial charge in [0.2, 0.25) is 11.8 Å². The molecule has 38 heavy (non-hydrogen) atoms. The van der Waals surface area contributed by atoms with Crippen LogP contribution in [0.5, 0.6) is 5.75 Å². The first-order valence-corrected chi connectivity index (χ1v) is 13.4. The minimum absolute atomic E-state index is 0.0779. The Hall–Kier alpha value is -3.20. The summed E-state index contributed by atoms with van der Waals surface area (Å²) in [5, 5.41) is 28.7. The van der Waals surface area contributed by atoms with E-state index in [0.29, 0.717) is 18.7 Å². The van der Waals surface area contributed by atoms with Crippen molar-refractivity contribution in [3.05, 3.63) is 70.8 Å². The third-order valence-electron chi connectivity index (χ3n) is 8.14. The number of phenolic OH excluding ortho intramolecular Hbond substituents is 1. The van der Waals surface area contributed by atoms with Crippen molar-refractivity contribution < 1.29 is 29.5 Å². The molecular weight excluding hydrogens is 481 g/mol. The SMILES string of the molecule is CCC/C(=C\c1ccc(O)cc1)CC[C@H]1OC[C@H]2C1=C(C)C[C@H]1C(=O)N(c3cccc(B(O)O)c3)C(=O)[C@H]12. The number of rotatable bonds is 8. The van der Waals surface area contributed by atoms with Crippen LogP contribution in [0, 0.1) is 17.8 Å². The summed E-state index contributed by atoms with van der Waals surface area (Å²) in [5.74, 6) is -1.22. The number of hydrogen-bond acceptors (Lipinski definition) is 6. The van der Waals surface area contributed by atoms with E-state index >= 15 is 0 Å². The summed E-state index contributed by atoms with van der Waals surface area (Å²) in [4.78, 5) is 28.3. The average Bonchev–Trinajstić information content (AvgIpc) is 3.43. The van der Waals surface area contributed by atoms with E-state index in [1.807, 2.05) is 12.1 Å². The molecule has 3 N–H and O–H groups in total. The molecule has 1 aliphatic carbocycles. The van der Waals surface area contributed by atoms with Crippen LogP contribution in [-0.4, -0.2) is 46.8 Å². The van der Waals surface area contributed by atoms with Crippen LogP contribution in [0.1, 0.15) is 51.5 Å². The van der Waals surface area contributed by atoms with Crippen LogP contribution in [-0.2, 0) is 14.3 Å². The number of carbonyl (C=O) groups is 2. The zero-order chi connectivity index (χ0) is 27.0. The van der Waals surface area contributed by atoms with E-state index in [-0.39, 0.29) is 35.0 Å². The Labute approximate surface area is 223 Å². The van der Waals surface area contributed by atoms with Gasteiger partial charge in [0.05, 0.1) is 30.2 Å². The molecule has 4 atom stereocenters. The molecule has 2 aromatic rings. The maximum absolute atomic E-state index is 13.6. The highest BCUT2D eigenvalue weighted by molar-refractivity contribution is 6.58. The van der Waals surface area contributed by atoms with Gasteiger partial charge in [0.15, 0.2) is 0 Å². The Bertz CT molecular complexity index is 1280. The van der Waals surface area contributed by atoms with Crippen molar-refractivity contribution in [2.24, 2.45) is 17.8 Å². The fourth-order valence-electron chi connectivity index (χ4n) is 6.42. The van der Waals surface area contributed by atoms with Crippen molar-refractivity contribution in [1.29, 1.82) is 0 Å². The fourth-order valence-corrected chi connectivity index (χ4v) is 6.42. The first-order valence-electron chi connectivity index (χ1n) is 13.4. The standard InChI is InChI=1S/C30H34BNO6/c1-3-5-19(15-20-8-11-23(33)12-9-20)10-13-26-27-18(2)14-24-28(25(27)17-38-26)30(35)32(29(24)34)22-7-4-6-21(16-22)31(36)37/h4,6-9,11-12,15-16,24-26,28,33,36-37H,3,5,10,13-14,17H2,1-2H3/b19-15+/t24-,25+,26-,28-/m1/s1. The van der Waals surface area contributed by atoms with Gasteiger partial charge in [-0.15, -0.1) is 0 Å². The lowest BCUT2D eigenvalue weighted by Crippen LogP contribution is -2.35. The molecule has 0 aromatic heterocycles. The van der Waals surface area contributed by atoms with Gasteiger partial charge in [0.25, 0.3) is 0 Å². The fraction of sp³-hybridized carbons (Fsp3) is 0.400. The normalized spacial score (nSPS) is 25.2. The minimum Gasteiger partial charge on any atom is -0.508 e. The van der Waals surface area contributed by atoms with Crippen molar-refractivity contribution in [3.8, 4) is 5.75 Å². The lowest BCUT2D eigenvalue weighted by Gasteiger charge is -2.30. The Morgan fingerprint density at radius 3 is 2.55 bits per heavy atom. The summed E-state index contributed by atoms with van der Waals surface area (Å²) in [5.41, 5.74) is 5.30. The van der Waals surface area contributed by atoms with E-state index in [9.17, 15) is 24.7 Å². The lowest BCUT2D eigenvalue weighted by atomic mass is 9.70. The summed E-state index contributed by atoms with van der Waals surface area (Å²) >= 11 is 0. The van der Waals surface area contributed by atoms with Crippen molar-refractivity contribution >= 4 is 36.2 Å². The highest BCUT2D eigenvalue weighted by Gasteiger charge is 2.56. The Morgan fingerprint density at radius 2 is 1.84 bits per heavy atom. The average molecular weight is 515 g/mol. The van der Waals surface area contributed by atoms with Gasteiger partial charge < -0.3 is 19.9 Å². The van der Waals surface area contributed by atoms with Crippen molar-refractivity contribution in [2.75, 3.05) is 11.5 Å². The third kappa shape index (κ3) is 4.96. The minimum atomic E-state index is -1.68. The molecule has 2 aromatic carbocycles. The summed E-state index contributed by atoms with van der Waals surface area (Å²) in [6.45, 7) is 4.64. The third-order valence-corrected chi connectivity index (χ3v) is 8.14. The van der Waals surface area contributed by atoms with Gasteiger partial charge in [-0.1, -0.05) is 54.8 Å². The second kappa shape index (κ2) is 10.9. The van der Waals surface area contributed by atoms with E-state index in [0.717, 1.165) is 36.8 Å². The van der Waals surface area contributed by atoms with E-state index in [4.69, 9.17) is 4.74 Å². The van der Waals surface area contributed by atoms with Gasteiger partial charge >= 0.3 is 7.12 Å². The van der Waals surface area contributed by atoms with Crippen LogP contribution >= 0.6 is 0 Å². The van der Waals surface area contributed by atoms with E-state index < -0.39 is 19.0 Å². The number of imide groups is 1. The van der Waals surface area contributed by atoms with Gasteiger partial charge in [-0.3, -0.25) is 14.5 Å². The van der Waals surface area contributed by atoms with Crippen LogP contribution in [0.2, 0.25) is 0 Å². The molecule has 2 aliphatic heterocycles. The zero-order valence-electron chi connectivity index (χ0n) is 21.8. The summed E-state index contributed by atoms with van der Waals surface area (Å²) in [6, 6.07) is 13.5. The van der Waals surface area contributed by atoms with Crippen molar-refractivity contribution in [2.45, 2.75) is 52.1 Å². The summed E-state index contributed by atoms with van der Waals surface area (Å²) in [6.07, 6.45) is 6.32. The Kier molecular flexibility index (Phi) is 7.57. The second-order valence-corrected chi connectivity index (χ2v) is 10.7. The Morgan fingerprint density at radius 1 is 1.08 bits per heavy atom. The molecule has 0 saturated carbocycles. The van der Waals surface area contributed by atoms with Crippen molar-refractivity contribution in [3.63, 3.8) is 0 Å². The van der Waals surface area contributed by atoms with Crippen molar-refractivity contribution in [1.82, 2.24) is 0 Å². The van der Waals surface area contributed by atoms with Crippen LogP contribution in [0.25, 0.3) is 6.08 Å². The molecule has 0 unspecified atom stereocenters. The highest BCUT2D eigenvalue weighted by atomic mass is 16.5. The number of nitrogens with zero attached hydrogens (tertiary/aromatic N) is 1. The molecular formula is C30H34BNO6. The molecule has 0 spiro atoms. The largest absolute Gasteiger partial charge is 0.508 e. The molecule has 2 heterocycles. The number of phenols is 1. The Balaban J connectivity index is 1.34. The lowest BCUT2D eigenvalue weighted by molar-refractivity contribution is -0.122. The molecule has 5 rings (SSSR count). The van der Waals surface area contributed by atoms with E-state index in [1.54, 1.807) is 30.3 Å². The number of hydrogen-bond donors (Lipinski definition) is 3. The summed E-state index contributed by atoms with van der Waals surface area (Å²) in [7, 11) is -1.68. The molecule has 0 radical (unpaired) electrons. The van der Waals surface area contributed by atoms with Gasteiger partial charge in [0.1, 0.15) is 5.75 Å². The topological polar surface area (TPSA) is 107 Å². The van der Waals surface area contributed by atoms with Crippen LogP contribution in [0.3, 0.4) is 0 Å². The molecule has 0 bridgehead atoms. The first-order chi connectivity index (χ1) is 18.3. The van der Waals surface area contributed by atoms with Gasteiger partial charge in [-0.05, 0) is 73.5 Å². The number of aromatic hydroxyl groups is 1. The number of carbonyl (C=O) groups excluding carboxylic acids is 2. The predicted octanol–water partition coefficient (Wildman–Crippen LogP) is 3.58. The molecule has 2 amide bonds. The highest BCUT2D eigenvalue weighted by Crippen LogP contribution is 2.50. The second-order valence-electron chi connectivity index (χ2n) is 10.7. The number of ether oxygens (including phenoxy) is 1. The number of benzene rings is 2. The van der Waals surface area contributed by atoms with E-state index in [1.165, 1.54) is 22.1 Å². The maximum atomic E-state index is 13.6. The molecule has 198 valence electrons. The van der Waals surface area contributed by atoms with Crippen LogP contribution in [0.4, 0.5) is 5.69 Å². The molecule has 7 nitrogen and oxygen atoms in total. The monoisotopic (exact) mass is 515 g/mol. The molecule has 2 fully saturated rings.